The molecule has 5 rings (SSSR count). The Morgan fingerprint density at radius 2 is 1.93 bits per heavy atom. The number of piperidine rings is 1. The molecule has 2 atom stereocenters. The van der Waals surface area contributed by atoms with Gasteiger partial charge in [0.2, 0.25) is 0 Å². The van der Waals surface area contributed by atoms with E-state index in [2.05, 4.69) is 32.8 Å². The molecule has 0 spiro atoms. The molecule has 2 unspecified atom stereocenters. The molecule has 3 fully saturated rings. The van der Waals surface area contributed by atoms with Crippen molar-refractivity contribution in [1.82, 2.24) is 14.7 Å². The highest BCUT2D eigenvalue weighted by atomic mass is 19.1. The van der Waals surface area contributed by atoms with Crippen molar-refractivity contribution < 1.29 is 18.5 Å². The summed E-state index contributed by atoms with van der Waals surface area (Å²) in [6, 6.07) is 4.45. The zero-order valence-corrected chi connectivity index (χ0v) is 17.7. The fraction of sp³-hybridized carbons (Fsp3) is 0.619. The monoisotopic (exact) mass is 399 g/mol. The summed E-state index contributed by atoms with van der Waals surface area (Å²) < 4.78 is 28.0. The van der Waals surface area contributed by atoms with E-state index in [9.17, 15) is 9.18 Å². The second kappa shape index (κ2) is 5.82. The second-order valence-electron chi connectivity index (χ2n) is 9.86. The number of aryl methyl sites for hydroxylation is 1. The number of nitrogens with zero attached hydrogens (tertiary/aromatic N) is 3. The maximum absolute atomic E-state index is 13.8. The Labute approximate surface area is 170 Å². The Kier molecular flexibility index (Phi) is 3.83. The molecule has 6 nitrogen and oxygen atoms in total. The van der Waals surface area contributed by atoms with Gasteiger partial charge in [0, 0.05) is 30.8 Å². The molecular formula is C21H27BFN3O3. The van der Waals surface area contributed by atoms with E-state index in [-0.39, 0.29) is 35.4 Å². The minimum Gasteiger partial charge on any atom is -0.403 e. The van der Waals surface area contributed by atoms with E-state index in [1.165, 1.54) is 12.1 Å². The van der Waals surface area contributed by atoms with Gasteiger partial charge in [-0.1, -0.05) is 0 Å². The van der Waals surface area contributed by atoms with Crippen molar-refractivity contribution >= 4 is 23.9 Å². The lowest BCUT2D eigenvalue weighted by molar-refractivity contribution is 0.00578. The minimum absolute atomic E-state index is 0.000112. The van der Waals surface area contributed by atoms with Crippen LogP contribution in [0.4, 0.5) is 4.39 Å². The number of hydrogen-bond acceptors (Lipinski definition) is 4. The molecule has 8 heteroatoms. The van der Waals surface area contributed by atoms with Crippen molar-refractivity contribution in [2.45, 2.75) is 57.1 Å². The highest BCUT2D eigenvalue weighted by Gasteiger charge is 2.70. The second-order valence-corrected chi connectivity index (χ2v) is 9.86. The molecule has 2 aromatic rings. The van der Waals surface area contributed by atoms with Crippen LogP contribution in [0.5, 0.6) is 0 Å². The molecule has 0 bridgehead atoms. The number of benzene rings is 1. The third-order valence-corrected chi connectivity index (χ3v) is 7.59. The van der Waals surface area contributed by atoms with Gasteiger partial charge in [-0.15, -0.1) is 0 Å². The zero-order valence-electron chi connectivity index (χ0n) is 17.7. The van der Waals surface area contributed by atoms with E-state index in [4.69, 9.17) is 9.31 Å². The number of carbonyl (C=O) groups excluding carboxylic acids is 1. The van der Waals surface area contributed by atoms with Gasteiger partial charge in [-0.3, -0.25) is 9.48 Å². The number of fused-ring (bicyclic) bond motifs is 2. The van der Waals surface area contributed by atoms with Gasteiger partial charge in [-0.05, 0) is 64.7 Å². The van der Waals surface area contributed by atoms with Gasteiger partial charge in [0.15, 0.2) is 5.69 Å². The summed E-state index contributed by atoms with van der Waals surface area (Å²) in [4.78, 5) is 15.1. The topological polar surface area (TPSA) is 56.6 Å². The maximum Gasteiger partial charge on any atom is 0.464 e. The Balaban J connectivity index is 1.35. The fourth-order valence-electron chi connectivity index (χ4n) is 4.87. The van der Waals surface area contributed by atoms with Crippen LogP contribution >= 0.6 is 0 Å². The molecule has 154 valence electrons. The van der Waals surface area contributed by atoms with Crippen molar-refractivity contribution in [2.75, 3.05) is 13.1 Å². The maximum atomic E-state index is 13.8. The van der Waals surface area contributed by atoms with Gasteiger partial charge >= 0.3 is 7.12 Å². The van der Waals surface area contributed by atoms with Crippen molar-refractivity contribution in [3.05, 3.63) is 29.7 Å². The van der Waals surface area contributed by atoms with E-state index >= 15 is 0 Å². The van der Waals surface area contributed by atoms with E-state index < -0.39 is 0 Å². The molecule has 1 amide bonds. The molecule has 0 radical (unpaired) electrons. The summed E-state index contributed by atoms with van der Waals surface area (Å²) in [7, 11) is 1.55. The van der Waals surface area contributed by atoms with Crippen LogP contribution < -0.4 is 0 Å². The standard InChI is InChI=1S/C21H27BFN3O3/c1-19(2)20(3,4)29-22(28-19)21-8-9-26(12-13(21)11-21)18(27)17-15-10-14(23)6-7-16(15)25(5)24-17/h6-7,10,13H,8-9,11-12H2,1-5H3. The van der Waals surface area contributed by atoms with Crippen molar-refractivity contribution in [3.8, 4) is 0 Å². The lowest BCUT2D eigenvalue weighted by Gasteiger charge is -2.32. The van der Waals surface area contributed by atoms with Crippen LogP contribution in [0.15, 0.2) is 18.2 Å². The summed E-state index contributed by atoms with van der Waals surface area (Å²) in [5.41, 5.74) is 0.392. The molecular weight excluding hydrogens is 372 g/mol. The van der Waals surface area contributed by atoms with E-state index in [1.807, 2.05) is 4.90 Å². The quantitative estimate of drug-likeness (QED) is 0.727. The number of carbonyl (C=O) groups is 1. The normalized spacial score (nSPS) is 29.9. The lowest BCUT2D eigenvalue weighted by Crippen LogP contribution is -2.42. The molecule has 3 aliphatic rings. The molecule has 29 heavy (non-hydrogen) atoms. The number of amides is 1. The van der Waals surface area contributed by atoms with Gasteiger partial charge in [0.1, 0.15) is 5.82 Å². The van der Waals surface area contributed by atoms with Gasteiger partial charge in [0.25, 0.3) is 5.91 Å². The summed E-state index contributed by atoms with van der Waals surface area (Å²) >= 11 is 0. The van der Waals surface area contributed by atoms with E-state index in [1.54, 1.807) is 17.8 Å². The number of aromatic nitrogens is 2. The summed E-state index contributed by atoms with van der Waals surface area (Å²) in [5.74, 6) is -0.127. The number of rotatable bonds is 2. The highest BCUT2D eigenvalue weighted by molar-refractivity contribution is 6.51. The van der Waals surface area contributed by atoms with Crippen molar-refractivity contribution in [2.24, 2.45) is 13.0 Å². The zero-order chi connectivity index (χ0) is 20.8. The predicted molar refractivity (Wildman–Crippen MR) is 108 cm³/mol. The van der Waals surface area contributed by atoms with Gasteiger partial charge in [0.05, 0.1) is 16.7 Å². The van der Waals surface area contributed by atoms with Crippen molar-refractivity contribution in [1.29, 1.82) is 0 Å². The smallest absolute Gasteiger partial charge is 0.403 e. The Morgan fingerprint density at radius 1 is 1.24 bits per heavy atom. The SMILES string of the molecule is Cn1nc(C(=O)N2CCC3(B4OC(C)(C)C(C)(C)O4)CC3C2)c2cc(F)ccc21. The van der Waals surface area contributed by atoms with Gasteiger partial charge < -0.3 is 14.2 Å². The van der Waals surface area contributed by atoms with Crippen LogP contribution in [-0.2, 0) is 16.4 Å². The first-order valence-electron chi connectivity index (χ1n) is 10.3. The van der Waals surface area contributed by atoms with Crippen LogP contribution in [0.3, 0.4) is 0 Å². The number of likely N-dealkylation sites (tertiary alicyclic amines) is 1. The average Bonchev–Trinajstić information content (AvgIpc) is 3.24. The van der Waals surface area contributed by atoms with Crippen LogP contribution in [0.1, 0.15) is 51.0 Å². The molecule has 0 N–H and O–H groups in total. The van der Waals surface area contributed by atoms with Gasteiger partial charge in [-0.25, -0.2) is 4.39 Å². The summed E-state index contributed by atoms with van der Waals surface area (Å²) in [5, 5.41) is 4.95. The first kappa shape index (κ1) is 19.1. The average molecular weight is 399 g/mol. The van der Waals surface area contributed by atoms with Crippen LogP contribution in [0.2, 0.25) is 5.31 Å². The largest absolute Gasteiger partial charge is 0.464 e. The Hall–Kier alpha value is -1.93. The first-order valence-corrected chi connectivity index (χ1v) is 10.3. The summed E-state index contributed by atoms with van der Waals surface area (Å²) in [6.45, 7) is 9.59. The molecule has 1 saturated carbocycles. The van der Waals surface area contributed by atoms with Crippen LogP contribution in [0.25, 0.3) is 10.9 Å². The third kappa shape index (κ3) is 2.68. The molecule has 3 heterocycles. The van der Waals surface area contributed by atoms with E-state index in [0.717, 1.165) is 18.4 Å². The number of hydrogen-bond donors (Lipinski definition) is 0. The summed E-state index contributed by atoms with van der Waals surface area (Å²) in [6.07, 6.45) is 1.85. The molecule has 1 aromatic heterocycles. The van der Waals surface area contributed by atoms with Gasteiger partial charge in [-0.2, -0.15) is 5.10 Å². The molecule has 2 aliphatic heterocycles. The van der Waals surface area contributed by atoms with E-state index in [0.29, 0.717) is 30.1 Å². The number of halogens is 1. The fourth-order valence-corrected chi connectivity index (χ4v) is 4.87. The lowest BCUT2D eigenvalue weighted by atomic mass is 9.63. The Bertz CT molecular complexity index is 1000. The Morgan fingerprint density at radius 3 is 2.59 bits per heavy atom. The molecule has 1 aliphatic carbocycles. The highest BCUT2D eigenvalue weighted by Crippen LogP contribution is 2.69. The van der Waals surface area contributed by atoms with Crippen LogP contribution in [0, 0.1) is 11.7 Å². The van der Waals surface area contributed by atoms with Crippen LogP contribution in [-0.4, -0.2) is 52.0 Å². The third-order valence-electron chi connectivity index (χ3n) is 7.59. The molecule has 2 saturated heterocycles. The first-order chi connectivity index (χ1) is 13.5. The van der Waals surface area contributed by atoms with Crippen molar-refractivity contribution in [3.63, 3.8) is 0 Å². The minimum atomic E-state index is -0.361. The predicted octanol–water partition coefficient (Wildman–Crippen LogP) is 3.41. The molecule has 1 aromatic carbocycles.